The van der Waals surface area contributed by atoms with E-state index in [1.54, 1.807) is 29.9 Å². The topological polar surface area (TPSA) is 87.9 Å². The number of thiazole rings is 1. The number of nitrogens with zero attached hydrogens (tertiary/aromatic N) is 4. The van der Waals surface area contributed by atoms with Crippen molar-refractivity contribution in [3.63, 3.8) is 0 Å². The first-order chi connectivity index (χ1) is 16.7. The monoisotopic (exact) mass is 468 g/mol. The molecule has 1 amide bonds. The summed E-state index contributed by atoms with van der Waals surface area (Å²) < 4.78 is 5.59. The molecule has 2 aliphatic rings. The molecule has 0 saturated carbocycles. The molecule has 1 unspecified atom stereocenters. The average molecular weight is 469 g/mol. The number of rotatable bonds is 4. The molecule has 1 atom stereocenters. The van der Waals surface area contributed by atoms with E-state index in [9.17, 15) is 9.90 Å². The maximum absolute atomic E-state index is 13.6. The van der Waals surface area contributed by atoms with Crippen LogP contribution in [-0.2, 0) is 6.42 Å². The maximum atomic E-state index is 13.6. The van der Waals surface area contributed by atoms with Crippen molar-refractivity contribution in [2.75, 3.05) is 6.61 Å². The summed E-state index contributed by atoms with van der Waals surface area (Å²) in [6, 6.07) is 16.4. The molecule has 0 bridgehead atoms. The predicted octanol–water partition coefficient (Wildman–Crippen LogP) is 4.84. The molecule has 4 heterocycles. The Kier molecular flexibility index (Phi) is 5.07. The van der Waals surface area contributed by atoms with E-state index in [-0.39, 0.29) is 11.7 Å². The normalized spacial score (nSPS) is 16.8. The Hall–Kier alpha value is -4.04. The summed E-state index contributed by atoms with van der Waals surface area (Å²) in [6.45, 7) is 0.695. The number of amides is 1. The fourth-order valence-electron chi connectivity index (χ4n) is 4.36. The third kappa shape index (κ3) is 3.62. The van der Waals surface area contributed by atoms with Gasteiger partial charge < -0.3 is 9.84 Å². The summed E-state index contributed by atoms with van der Waals surface area (Å²) in [5.41, 5.74) is 4.68. The number of phenols is 1. The lowest BCUT2D eigenvalue weighted by Gasteiger charge is -2.22. The van der Waals surface area contributed by atoms with E-state index >= 15 is 0 Å². The lowest BCUT2D eigenvalue weighted by atomic mass is 9.98. The van der Waals surface area contributed by atoms with Gasteiger partial charge in [0.1, 0.15) is 22.2 Å². The molecule has 34 heavy (non-hydrogen) atoms. The van der Waals surface area contributed by atoms with Crippen LogP contribution in [-0.4, -0.2) is 38.3 Å². The van der Waals surface area contributed by atoms with Gasteiger partial charge in [0, 0.05) is 47.3 Å². The van der Waals surface area contributed by atoms with Crippen LogP contribution in [0.5, 0.6) is 11.5 Å². The third-order valence-electron chi connectivity index (χ3n) is 6.07. The molecule has 7 nitrogen and oxygen atoms in total. The van der Waals surface area contributed by atoms with Crippen molar-refractivity contribution in [2.45, 2.75) is 18.9 Å². The zero-order valence-electron chi connectivity index (χ0n) is 18.1. The number of carbonyl (C=O) groups is 1. The van der Waals surface area contributed by atoms with Crippen LogP contribution in [0.4, 0.5) is 0 Å². The van der Waals surface area contributed by atoms with Gasteiger partial charge in [-0.25, -0.2) is 9.99 Å². The minimum absolute atomic E-state index is 0.132. The standard InChI is InChI=1S/C26H20N4O3S/c31-23-6-2-1-5-19(23)22-13-20(18-4-3-10-27-14-18)29-30(22)26(32)21-15-34-25(28-21)17-7-8-24-16(12-17)9-11-33-24/h1-8,10,12,14-15,22,31H,9,11,13H2. The minimum Gasteiger partial charge on any atom is -0.508 e. The maximum Gasteiger partial charge on any atom is 0.294 e. The summed E-state index contributed by atoms with van der Waals surface area (Å²) in [4.78, 5) is 22.4. The fraction of sp³-hybridized carbons (Fsp3) is 0.154. The highest BCUT2D eigenvalue weighted by atomic mass is 32.1. The average Bonchev–Trinajstić information content (AvgIpc) is 3.63. The van der Waals surface area contributed by atoms with Gasteiger partial charge in [-0.05, 0) is 35.9 Å². The predicted molar refractivity (Wildman–Crippen MR) is 129 cm³/mol. The van der Waals surface area contributed by atoms with Gasteiger partial charge in [0.05, 0.1) is 18.4 Å². The van der Waals surface area contributed by atoms with Crippen molar-refractivity contribution in [1.82, 2.24) is 15.0 Å². The van der Waals surface area contributed by atoms with E-state index in [0.717, 1.165) is 39.6 Å². The first kappa shape index (κ1) is 20.6. The molecule has 6 rings (SSSR count). The van der Waals surface area contributed by atoms with Crippen molar-refractivity contribution in [1.29, 1.82) is 0 Å². The molecule has 0 fully saturated rings. The summed E-state index contributed by atoms with van der Waals surface area (Å²) in [7, 11) is 0. The van der Waals surface area contributed by atoms with Crippen LogP contribution in [0.2, 0.25) is 0 Å². The number of carbonyl (C=O) groups excluding carboxylic acids is 1. The number of fused-ring (bicyclic) bond motifs is 1. The summed E-state index contributed by atoms with van der Waals surface area (Å²) in [5, 5.41) is 19.1. The van der Waals surface area contributed by atoms with Crippen molar-refractivity contribution in [2.24, 2.45) is 5.10 Å². The Morgan fingerprint density at radius 3 is 2.88 bits per heavy atom. The quantitative estimate of drug-likeness (QED) is 0.463. The number of hydrogen-bond acceptors (Lipinski definition) is 7. The Balaban J connectivity index is 1.35. The Bertz CT molecular complexity index is 1420. The lowest BCUT2D eigenvalue weighted by Crippen LogP contribution is -2.27. The molecule has 2 aromatic carbocycles. The number of para-hydroxylation sites is 1. The van der Waals surface area contributed by atoms with Gasteiger partial charge >= 0.3 is 0 Å². The van der Waals surface area contributed by atoms with Gasteiger partial charge in [-0.1, -0.05) is 24.3 Å². The van der Waals surface area contributed by atoms with E-state index < -0.39 is 6.04 Å². The largest absolute Gasteiger partial charge is 0.508 e. The number of aromatic nitrogens is 2. The highest BCUT2D eigenvalue weighted by Crippen LogP contribution is 2.38. The smallest absolute Gasteiger partial charge is 0.294 e. The molecule has 0 radical (unpaired) electrons. The number of benzene rings is 2. The molecule has 0 spiro atoms. The third-order valence-corrected chi connectivity index (χ3v) is 6.96. The number of pyridine rings is 1. The fourth-order valence-corrected chi connectivity index (χ4v) is 5.15. The van der Waals surface area contributed by atoms with E-state index in [1.165, 1.54) is 16.3 Å². The van der Waals surface area contributed by atoms with Gasteiger partial charge in [0.25, 0.3) is 5.91 Å². The van der Waals surface area contributed by atoms with Gasteiger partial charge in [-0.15, -0.1) is 11.3 Å². The highest BCUT2D eigenvalue weighted by Gasteiger charge is 2.36. The summed E-state index contributed by atoms with van der Waals surface area (Å²) in [5.74, 6) is 0.739. The second kappa shape index (κ2) is 8.39. The Morgan fingerprint density at radius 2 is 2.03 bits per heavy atom. The van der Waals surface area contributed by atoms with Crippen molar-refractivity contribution < 1.29 is 14.6 Å². The molecule has 0 saturated heterocycles. The van der Waals surface area contributed by atoms with E-state index in [2.05, 4.69) is 21.1 Å². The van der Waals surface area contributed by atoms with Crippen LogP contribution in [0.15, 0.2) is 77.5 Å². The summed E-state index contributed by atoms with van der Waals surface area (Å²) in [6.07, 6.45) is 4.77. The zero-order valence-corrected chi connectivity index (χ0v) is 18.9. The molecule has 4 aromatic rings. The number of hydrogen-bond donors (Lipinski definition) is 1. The van der Waals surface area contributed by atoms with Crippen LogP contribution in [0, 0.1) is 0 Å². The number of aromatic hydroxyl groups is 1. The molecule has 168 valence electrons. The van der Waals surface area contributed by atoms with Gasteiger partial charge in [0.15, 0.2) is 0 Å². The van der Waals surface area contributed by atoms with Crippen LogP contribution in [0.25, 0.3) is 10.6 Å². The van der Waals surface area contributed by atoms with E-state index in [1.807, 2.05) is 36.4 Å². The minimum atomic E-state index is -0.439. The Morgan fingerprint density at radius 1 is 1.12 bits per heavy atom. The van der Waals surface area contributed by atoms with Crippen LogP contribution in [0.3, 0.4) is 0 Å². The molecule has 2 aromatic heterocycles. The second-order valence-electron chi connectivity index (χ2n) is 8.18. The van der Waals surface area contributed by atoms with Crippen LogP contribution >= 0.6 is 11.3 Å². The molecule has 8 heteroatoms. The Labute approximate surface area is 200 Å². The zero-order chi connectivity index (χ0) is 23.1. The van der Waals surface area contributed by atoms with Crippen LogP contribution < -0.4 is 4.74 Å². The highest BCUT2D eigenvalue weighted by molar-refractivity contribution is 7.13. The van der Waals surface area contributed by atoms with Crippen molar-refractivity contribution in [3.05, 3.63) is 94.8 Å². The number of phenolic OH excluding ortho intramolecular Hbond substituents is 1. The van der Waals surface area contributed by atoms with Crippen LogP contribution in [0.1, 0.15) is 39.6 Å². The molecule has 2 aliphatic heterocycles. The summed E-state index contributed by atoms with van der Waals surface area (Å²) >= 11 is 1.43. The molecular weight excluding hydrogens is 448 g/mol. The number of ether oxygens (including phenoxy) is 1. The SMILES string of the molecule is O=C(c1csc(-c2ccc3c(c2)CCO3)n1)N1N=C(c2cccnc2)CC1c1ccccc1O. The van der Waals surface area contributed by atoms with Crippen molar-refractivity contribution in [3.8, 4) is 22.1 Å². The van der Waals surface area contributed by atoms with E-state index in [0.29, 0.717) is 24.3 Å². The molecular formula is C26H20N4O3S. The number of hydrazone groups is 1. The molecule has 0 aliphatic carbocycles. The molecule has 1 N–H and O–H groups in total. The van der Waals surface area contributed by atoms with Gasteiger partial charge in [-0.2, -0.15) is 5.10 Å². The van der Waals surface area contributed by atoms with E-state index in [4.69, 9.17) is 4.74 Å². The van der Waals surface area contributed by atoms with Gasteiger partial charge in [0.2, 0.25) is 0 Å². The van der Waals surface area contributed by atoms with Gasteiger partial charge in [-0.3, -0.25) is 9.78 Å². The first-order valence-electron chi connectivity index (χ1n) is 11.0. The lowest BCUT2D eigenvalue weighted by molar-refractivity contribution is 0.0704. The first-order valence-corrected chi connectivity index (χ1v) is 11.9. The van der Waals surface area contributed by atoms with Crippen molar-refractivity contribution >= 4 is 23.0 Å². The second-order valence-corrected chi connectivity index (χ2v) is 9.03.